The lowest BCUT2D eigenvalue weighted by atomic mass is 10.1. The van der Waals surface area contributed by atoms with Crippen LogP contribution in [-0.4, -0.2) is 44.1 Å². The number of carbonyl (C=O) groups is 1. The number of carbonyl (C=O) groups excluding carboxylic acids is 1. The molecule has 0 aliphatic rings. The number of hydrogen-bond acceptors (Lipinski definition) is 5. The van der Waals surface area contributed by atoms with Crippen LogP contribution in [0.2, 0.25) is 0 Å². The van der Waals surface area contributed by atoms with Crippen molar-refractivity contribution in [1.29, 1.82) is 0 Å². The van der Waals surface area contributed by atoms with Crippen LogP contribution in [0, 0.1) is 6.92 Å². The van der Waals surface area contributed by atoms with Gasteiger partial charge in [-0.2, -0.15) is 4.31 Å². The smallest absolute Gasteiger partial charge is 0.330 e. The summed E-state index contributed by atoms with van der Waals surface area (Å²) in [4.78, 5) is 11.4. The molecule has 1 atom stereocenters. The number of esters is 1. The third-order valence-corrected chi connectivity index (χ3v) is 6.23. The van der Waals surface area contributed by atoms with Crippen molar-refractivity contribution >= 4 is 16.0 Å². The molecule has 7 heteroatoms. The quantitative estimate of drug-likeness (QED) is 0.514. The average molecular weight is 404 g/mol. The molecule has 0 aliphatic heterocycles. The Balaban J connectivity index is 2.38. The fourth-order valence-electron chi connectivity index (χ4n) is 2.78. The molecule has 6 nitrogen and oxygen atoms in total. The van der Waals surface area contributed by atoms with Crippen molar-refractivity contribution in [2.75, 3.05) is 20.3 Å². The number of nitrogens with zero attached hydrogens (tertiary/aromatic N) is 1. The number of methoxy groups -OCH3 is 1. The molecule has 150 valence electrons. The van der Waals surface area contributed by atoms with E-state index in [9.17, 15) is 18.3 Å². The lowest BCUT2D eigenvalue weighted by Crippen LogP contribution is -2.37. The first kappa shape index (κ1) is 21.8. The minimum atomic E-state index is -3.86. The van der Waals surface area contributed by atoms with Gasteiger partial charge in [0.2, 0.25) is 10.0 Å². The standard InChI is InChI=1S/C21H25NO5S/c1-17-11-13-19(14-12-17)28(25,26)22(15-7-6-10-21(24)27-2)20(16-23)18-8-4-3-5-9-18/h3-6,8-14,20,23H,7,15-16H2,1-2H3/b10-6+/t20-/m1/s1. The van der Waals surface area contributed by atoms with Crippen LogP contribution in [0.3, 0.4) is 0 Å². The largest absolute Gasteiger partial charge is 0.466 e. The Morgan fingerprint density at radius 2 is 1.79 bits per heavy atom. The zero-order chi connectivity index (χ0) is 20.6. The Labute approximate surface area is 166 Å². The molecule has 2 aromatic rings. The second kappa shape index (κ2) is 10.2. The van der Waals surface area contributed by atoms with Gasteiger partial charge < -0.3 is 9.84 Å². The highest BCUT2D eigenvalue weighted by Gasteiger charge is 2.31. The molecule has 0 amide bonds. The topological polar surface area (TPSA) is 83.9 Å². The van der Waals surface area contributed by atoms with Crippen LogP contribution in [0.1, 0.15) is 23.6 Å². The third kappa shape index (κ3) is 5.51. The van der Waals surface area contributed by atoms with E-state index in [-0.39, 0.29) is 18.0 Å². The van der Waals surface area contributed by atoms with Gasteiger partial charge in [-0.15, -0.1) is 0 Å². The molecule has 0 aliphatic carbocycles. The van der Waals surface area contributed by atoms with Gasteiger partial charge in [-0.25, -0.2) is 13.2 Å². The van der Waals surface area contributed by atoms with E-state index in [1.807, 2.05) is 13.0 Å². The number of sulfonamides is 1. The molecular weight excluding hydrogens is 378 g/mol. The average Bonchev–Trinajstić information content (AvgIpc) is 2.71. The number of hydrogen-bond donors (Lipinski definition) is 1. The second-order valence-corrected chi connectivity index (χ2v) is 8.14. The van der Waals surface area contributed by atoms with Crippen molar-refractivity contribution in [2.24, 2.45) is 0 Å². The fraction of sp³-hybridized carbons (Fsp3) is 0.286. The molecular formula is C21H25NO5S. The molecule has 0 heterocycles. The molecule has 0 bridgehead atoms. The Morgan fingerprint density at radius 3 is 2.36 bits per heavy atom. The van der Waals surface area contributed by atoms with Crippen LogP contribution >= 0.6 is 0 Å². The molecule has 28 heavy (non-hydrogen) atoms. The first-order valence-corrected chi connectivity index (χ1v) is 10.3. The maximum absolute atomic E-state index is 13.3. The molecule has 2 aromatic carbocycles. The van der Waals surface area contributed by atoms with Gasteiger partial charge in [0.05, 0.1) is 24.7 Å². The SMILES string of the molecule is COC(=O)/C=C/CCN([C@H](CO)c1ccccc1)S(=O)(=O)c1ccc(C)cc1. The van der Waals surface area contributed by atoms with Crippen molar-refractivity contribution in [1.82, 2.24) is 4.31 Å². The van der Waals surface area contributed by atoms with E-state index < -0.39 is 22.0 Å². The van der Waals surface area contributed by atoms with Gasteiger partial charge in [0.1, 0.15) is 0 Å². The normalized spacial score (nSPS) is 13.0. The van der Waals surface area contributed by atoms with Crippen LogP contribution in [-0.2, 0) is 19.6 Å². The molecule has 0 spiro atoms. The van der Waals surface area contributed by atoms with Crippen molar-refractivity contribution in [3.8, 4) is 0 Å². The molecule has 0 radical (unpaired) electrons. The number of aliphatic hydroxyl groups excluding tert-OH is 1. The van der Waals surface area contributed by atoms with Gasteiger partial charge in [-0.05, 0) is 31.0 Å². The third-order valence-electron chi connectivity index (χ3n) is 4.30. The monoisotopic (exact) mass is 403 g/mol. The zero-order valence-electron chi connectivity index (χ0n) is 16.0. The molecule has 1 N–H and O–H groups in total. The summed E-state index contributed by atoms with van der Waals surface area (Å²) >= 11 is 0. The number of aryl methyl sites for hydroxylation is 1. The van der Waals surface area contributed by atoms with Crippen molar-refractivity contribution < 1.29 is 23.1 Å². The van der Waals surface area contributed by atoms with Gasteiger partial charge in [0.25, 0.3) is 0 Å². The van der Waals surface area contributed by atoms with Gasteiger partial charge in [0.15, 0.2) is 0 Å². The van der Waals surface area contributed by atoms with Crippen molar-refractivity contribution in [3.05, 3.63) is 77.9 Å². The van der Waals surface area contributed by atoms with Crippen LogP contribution in [0.15, 0.2) is 71.6 Å². The van der Waals surface area contributed by atoms with Crippen LogP contribution < -0.4 is 0 Å². The summed E-state index contributed by atoms with van der Waals surface area (Å²) in [5, 5.41) is 9.99. The van der Waals surface area contributed by atoms with E-state index in [0.29, 0.717) is 12.0 Å². The van der Waals surface area contributed by atoms with E-state index in [1.54, 1.807) is 54.6 Å². The van der Waals surface area contributed by atoms with E-state index in [4.69, 9.17) is 0 Å². The van der Waals surface area contributed by atoms with Gasteiger partial charge in [0, 0.05) is 12.6 Å². The number of aliphatic hydroxyl groups is 1. The molecule has 2 rings (SSSR count). The second-order valence-electron chi connectivity index (χ2n) is 6.25. The summed E-state index contributed by atoms with van der Waals surface area (Å²) in [6, 6.07) is 14.8. The lowest BCUT2D eigenvalue weighted by Gasteiger charge is -2.30. The number of ether oxygens (including phenoxy) is 1. The van der Waals surface area contributed by atoms with E-state index in [0.717, 1.165) is 5.56 Å². The lowest BCUT2D eigenvalue weighted by molar-refractivity contribution is -0.134. The minimum absolute atomic E-state index is 0.101. The number of rotatable bonds is 9. The van der Waals surface area contributed by atoms with Gasteiger partial charge in [-0.3, -0.25) is 0 Å². The summed E-state index contributed by atoms with van der Waals surface area (Å²) in [5.74, 6) is -0.505. The van der Waals surface area contributed by atoms with Gasteiger partial charge in [-0.1, -0.05) is 54.1 Å². The van der Waals surface area contributed by atoms with Gasteiger partial charge >= 0.3 is 5.97 Å². The van der Waals surface area contributed by atoms with Crippen molar-refractivity contribution in [2.45, 2.75) is 24.3 Å². The highest BCUT2D eigenvalue weighted by Crippen LogP contribution is 2.28. The summed E-state index contributed by atoms with van der Waals surface area (Å²) in [7, 11) is -2.58. The first-order chi connectivity index (χ1) is 13.4. The molecule has 0 aromatic heterocycles. The maximum atomic E-state index is 13.3. The Morgan fingerprint density at radius 1 is 1.14 bits per heavy atom. The summed E-state index contributed by atoms with van der Waals surface area (Å²) in [5.41, 5.74) is 1.64. The van der Waals surface area contributed by atoms with E-state index in [1.165, 1.54) is 17.5 Å². The first-order valence-electron chi connectivity index (χ1n) is 8.89. The van der Waals surface area contributed by atoms with Crippen LogP contribution in [0.4, 0.5) is 0 Å². The minimum Gasteiger partial charge on any atom is -0.466 e. The fourth-order valence-corrected chi connectivity index (χ4v) is 4.40. The zero-order valence-corrected chi connectivity index (χ0v) is 16.8. The Kier molecular flexibility index (Phi) is 7.92. The van der Waals surface area contributed by atoms with Crippen LogP contribution in [0.5, 0.6) is 0 Å². The van der Waals surface area contributed by atoms with E-state index in [2.05, 4.69) is 4.74 Å². The maximum Gasteiger partial charge on any atom is 0.330 e. The predicted molar refractivity (Wildman–Crippen MR) is 107 cm³/mol. The van der Waals surface area contributed by atoms with E-state index >= 15 is 0 Å². The summed E-state index contributed by atoms with van der Waals surface area (Å²) < 4.78 is 32.4. The number of benzene rings is 2. The molecule has 0 fully saturated rings. The Bertz CT molecular complexity index is 892. The Hall–Kier alpha value is -2.48. The molecule has 0 saturated heterocycles. The molecule has 0 unspecified atom stereocenters. The predicted octanol–water partition coefficient (Wildman–Crippen LogP) is 2.84. The molecule has 0 saturated carbocycles. The highest BCUT2D eigenvalue weighted by atomic mass is 32.2. The summed E-state index contributed by atoms with van der Waals surface area (Å²) in [6.07, 6.45) is 3.11. The van der Waals surface area contributed by atoms with Crippen LogP contribution in [0.25, 0.3) is 0 Å². The van der Waals surface area contributed by atoms with Crippen molar-refractivity contribution in [3.63, 3.8) is 0 Å². The highest BCUT2D eigenvalue weighted by molar-refractivity contribution is 7.89. The summed E-state index contributed by atoms with van der Waals surface area (Å²) in [6.45, 7) is 1.62.